The molecule has 0 aromatic heterocycles. The van der Waals surface area contributed by atoms with Gasteiger partial charge in [0.1, 0.15) is 0 Å². The van der Waals surface area contributed by atoms with Crippen LogP contribution in [0.15, 0.2) is 0 Å². The van der Waals surface area contributed by atoms with Gasteiger partial charge in [0.2, 0.25) is 0 Å². The molecule has 0 N–H and O–H groups in total. The van der Waals surface area contributed by atoms with Crippen molar-refractivity contribution in [3.8, 4) is 0 Å². The number of hydrogen-bond donors (Lipinski definition) is 0. The molecule has 4 atom stereocenters. The van der Waals surface area contributed by atoms with Crippen molar-refractivity contribution in [3.63, 3.8) is 0 Å². The number of rotatable bonds is 20. The minimum atomic E-state index is -4.85. The molecule has 0 fully saturated rings. The fourth-order valence-electron chi connectivity index (χ4n) is 3.53. The van der Waals surface area contributed by atoms with Crippen LogP contribution in [0.2, 0.25) is 0 Å². The Morgan fingerprint density at radius 2 is 0.649 bits per heavy atom. The minimum absolute atomic E-state index is 0.544. The van der Waals surface area contributed by atoms with Gasteiger partial charge in [0.05, 0.1) is 23.7 Å². The van der Waals surface area contributed by atoms with E-state index >= 15 is 0 Å². The lowest BCUT2D eigenvalue weighted by Gasteiger charge is -2.29. The lowest BCUT2D eigenvalue weighted by atomic mass is 10.1. The average molecular weight is 545 g/mol. The third-order valence-electron chi connectivity index (χ3n) is 6.47. The van der Waals surface area contributed by atoms with Gasteiger partial charge in [-0.25, -0.2) is 0 Å². The predicted octanol–water partition coefficient (Wildman–Crippen LogP) is 6.90. The highest BCUT2D eigenvalue weighted by molar-refractivity contribution is 6.61. The Bertz CT molecular complexity index is 578. The molecule has 216 valence electrons. The fourth-order valence-corrected chi connectivity index (χ4v) is 5.57. The summed E-state index contributed by atoms with van der Waals surface area (Å²) >= 11 is 0. The molecule has 4 unspecified atom stereocenters. The zero-order chi connectivity index (χ0) is 28.4. The van der Waals surface area contributed by atoms with E-state index in [1.165, 1.54) is 0 Å². The van der Waals surface area contributed by atoms with Crippen molar-refractivity contribution in [2.24, 2.45) is 23.7 Å². The van der Waals surface area contributed by atoms with Gasteiger partial charge in [-0.1, -0.05) is 107 Å². The molecule has 9 heteroatoms. The van der Waals surface area contributed by atoms with Crippen LogP contribution in [0.25, 0.3) is 0 Å². The third kappa shape index (κ3) is 14.0. The number of unbranched alkanes of at least 4 members (excludes halogenated alkanes) is 4. The van der Waals surface area contributed by atoms with Crippen molar-refractivity contribution < 1.29 is 36.9 Å². The van der Waals surface area contributed by atoms with E-state index in [2.05, 4.69) is 0 Å². The summed E-state index contributed by atoms with van der Waals surface area (Å²) in [6, 6.07) is 0. The van der Waals surface area contributed by atoms with E-state index in [4.69, 9.17) is 17.7 Å². The molecule has 0 amide bonds. The molecule has 0 aliphatic rings. The van der Waals surface area contributed by atoms with Crippen molar-refractivity contribution in [2.45, 2.75) is 132 Å². The van der Waals surface area contributed by atoms with Crippen LogP contribution in [0.4, 0.5) is 0 Å². The third-order valence-corrected chi connectivity index (χ3v) is 8.28. The molecular formula is C28H52O8Si. The number of carbonyl (C=O) groups is 4. The molecule has 0 spiro atoms. The lowest BCUT2D eigenvalue weighted by molar-refractivity contribution is -0.168. The van der Waals surface area contributed by atoms with Crippen molar-refractivity contribution in [3.05, 3.63) is 0 Å². The molecule has 0 radical (unpaired) electrons. The summed E-state index contributed by atoms with van der Waals surface area (Å²) in [5.74, 6) is -5.03. The van der Waals surface area contributed by atoms with E-state index in [-0.39, 0.29) is 0 Å². The van der Waals surface area contributed by atoms with Crippen molar-refractivity contribution in [2.75, 3.05) is 0 Å². The normalized spacial score (nSPS) is 16.0. The zero-order valence-electron chi connectivity index (χ0n) is 24.6. The highest BCUT2D eigenvalue weighted by Gasteiger charge is 2.64. The Kier molecular flexibility index (Phi) is 18.2. The summed E-state index contributed by atoms with van der Waals surface area (Å²) in [6.45, 7) is 14.8. The molecular weight excluding hydrogens is 492 g/mol. The summed E-state index contributed by atoms with van der Waals surface area (Å²) in [5.41, 5.74) is 0. The Balaban J connectivity index is 6.25. The first-order valence-electron chi connectivity index (χ1n) is 14.4. The molecule has 0 saturated heterocycles. The molecule has 0 aliphatic carbocycles. The summed E-state index contributed by atoms with van der Waals surface area (Å²) < 4.78 is 22.6. The maximum Gasteiger partial charge on any atom is 0.974 e. The summed E-state index contributed by atoms with van der Waals surface area (Å²) in [7, 11) is -4.85. The van der Waals surface area contributed by atoms with E-state index in [1.54, 1.807) is 27.7 Å². The highest BCUT2D eigenvalue weighted by Crippen LogP contribution is 2.25. The monoisotopic (exact) mass is 544 g/mol. The summed E-state index contributed by atoms with van der Waals surface area (Å²) in [5, 5.41) is 0. The maximum atomic E-state index is 13.1. The van der Waals surface area contributed by atoms with Crippen LogP contribution in [-0.4, -0.2) is 32.9 Å². The quantitative estimate of drug-likeness (QED) is 0.152. The van der Waals surface area contributed by atoms with E-state index in [1.807, 2.05) is 27.7 Å². The Morgan fingerprint density at radius 1 is 0.459 bits per heavy atom. The van der Waals surface area contributed by atoms with Crippen molar-refractivity contribution in [1.82, 2.24) is 0 Å². The van der Waals surface area contributed by atoms with Crippen LogP contribution < -0.4 is 0 Å². The molecule has 37 heavy (non-hydrogen) atoms. The molecule has 0 aromatic rings. The SMILES string of the molecule is CCCCC(C)C(=O)O[Si](OC(=O)C(C)CCCC)(OC(=O)C(C)CCCC)OC(=O)C(C)CCCC. The molecule has 0 rings (SSSR count). The summed E-state index contributed by atoms with van der Waals surface area (Å²) in [6.07, 6.45) is 8.89. The first-order chi connectivity index (χ1) is 17.5. The van der Waals surface area contributed by atoms with Gasteiger partial charge < -0.3 is 17.7 Å². The summed E-state index contributed by atoms with van der Waals surface area (Å²) in [4.78, 5) is 52.3. The van der Waals surface area contributed by atoms with Crippen molar-refractivity contribution in [1.29, 1.82) is 0 Å². The van der Waals surface area contributed by atoms with Crippen LogP contribution in [0.1, 0.15) is 132 Å². The highest BCUT2D eigenvalue weighted by atomic mass is 28.4. The predicted molar refractivity (Wildman–Crippen MR) is 145 cm³/mol. The first-order valence-corrected chi connectivity index (χ1v) is 16.0. The minimum Gasteiger partial charge on any atom is -0.422 e. The van der Waals surface area contributed by atoms with Crippen LogP contribution in [0.3, 0.4) is 0 Å². The van der Waals surface area contributed by atoms with Gasteiger partial charge in [0.15, 0.2) is 0 Å². The van der Waals surface area contributed by atoms with Gasteiger partial charge in [-0.05, 0) is 25.7 Å². The van der Waals surface area contributed by atoms with Gasteiger partial charge in [-0.3, -0.25) is 19.2 Å². The van der Waals surface area contributed by atoms with E-state index in [0.29, 0.717) is 25.7 Å². The number of carbonyl (C=O) groups excluding carboxylic acids is 4. The molecule has 8 nitrogen and oxygen atoms in total. The lowest BCUT2D eigenvalue weighted by Crippen LogP contribution is -2.56. The number of hydrogen-bond acceptors (Lipinski definition) is 8. The molecule has 0 aromatic carbocycles. The van der Waals surface area contributed by atoms with Crippen LogP contribution in [0.5, 0.6) is 0 Å². The van der Waals surface area contributed by atoms with Gasteiger partial charge in [0.25, 0.3) is 0 Å². The second kappa shape index (κ2) is 19.2. The van der Waals surface area contributed by atoms with Gasteiger partial charge in [-0.2, -0.15) is 0 Å². The largest absolute Gasteiger partial charge is 0.974 e. The Labute approximate surface area is 226 Å². The topological polar surface area (TPSA) is 105 Å². The van der Waals surface area contributed by atoms with E-state index in [0.717, 1.165) is 51.4 Å². The average Bonchev–Trinajstić information content (AvgIpc) is 2.86. The molecule has 0 bridgehead atoms. The van der Waals surface area contributed by atoms with Gasteiger partial charge >= 0.3 is 32.9 Å². The fraction of sp³-hybridized carbons (Fsp3) is 0.857. The molecule has 0 aliphatic heterocycles. The zero-order valence-corrected chi connectivity index (χ0v) is 25.6. The Hall–Kier alpha value is -1.90. The smallest absolute Gasteiger partial charge is 0.422 e. The molecule has 0 heterocycles. The van der Waals surface area contributed by atoms with Crippen molar-refractivity contribution >= 4 is 32.9 Å². The van der Waals surface area contributed by atoms with Gasteiger partial charge in [0, 0.05) is 0 Å². The first kappa shape index (κ1) is 35.1. The van der Waals surface area contributed by atoms with E-state index < -0.39 is 56.6 Å². The standard InChI is InChI=1S/C28H52O8Si/c1-9-13-17-21(5)25(29)33-37(34-26(30)22(6)18-14-10-2,35-27(31)23(7)19-15-11-3)36-28(32)24(8)20-16-12-4/h21-24H,9-20H2,1-8H3. The maximum absolute atomic E-state index is 13.1. The van der Waals surface area contributed by atoms with Gasteiger partial charge in [-0.15, -0.1) is 0 Å². The Morgan fingerprint density at radius 3 is 0.811 bits per heavy atom. The molecule has 0 saturated carbocycles. The van der Waals surface area contributed by atoms with Crippen LogP contribution in [0, 0.1) is 23.7 Å². The van der Waals surface area contributed by atoms with Crippen LogP contribution >= 0.6 is 0 Å². The van der Waals surface area contributed by atoms with E-state index in [9.17, 15) is 19.2 Å². The van der Waals surface area contributed by atoms with Crippen LogP contribution in [-0.2, 0) is 36.9 Å². The second-order valence-corrected chi connectivity index (χ2v) is 12.2. The second-order valence-electron chi connectivity index (χ2n) is 10.4.